The number of carbonyl (C=O) groups is 1. The fraction of sp³-hybridized carbons (Fsp3) is 0.550. The van der Waals surface area contributed by atoms with Gasteiger partial charge in [0.25, 0.3) is 0 Å². The lowest BCUT2D eigenvalue weighted by atomic mass is 9.60. The highest BCUT2D eigenvalue weighted by Crippen LogP contribution is 2.62. The molecule has 1 spiro atoms. The lowest BCUT2D eigenvalue weighted by molar-refractivity contribution is -0.106. The zero-order valence-electron chi connectivity index (χ0n) is 14.0. The van der Waals surface area contributed by atoms with Gasteiger partial charge in [0.05, 0.1) is 5.41 Å². The van der Waals surface area contributed by atoms with Gasteiger partial charge in [0.1, 0.15) is 6.29 Å². The number of likely N-dealkylation sites (N-methyl/N-ethyl adjacent to an activating group) is 1. The number of anilines is 1. The summed E-state index contributed by atoms with van der Waals surface area (Å²) in [4.78, 5) is 17.2. The second-order valence-corrected chi connectivity index (χ2v) is 7.74. The molecule has 0 amide bonds. The molecule has 5 rings (SSSR count). The molecule has 1 aromatic rings. The van der Waals surface area contributed by atoms with Crippen LogP contribution in [0.15, 0.2) is 35.5 Å². The molecule has 3 heterocycles. The van der Waals surface area contributed by atoms with E-state index in [0.29, 0.717) is 17.9 Å². The molecule has 0 aromatic heterocycles. The maximum atomic E-state index is 12.1. The zero-order valence-corrected chi connectivity index (χ0v) is 14.0. The van der Waals surface area contributed by atoms with Crippen LogP contribution < -0.4 is 4.90 Å². The van der Waals surface area contributed by atoms with Gasteiger partial charge in [-0.3, -0.25) is 9.69 Å². The summed E-state index contributed by atoms with van der Waals surface area (Å²) < 4.78 is 0. The third kappa shape index (κ3) is 1.43. The fourth-order valence-electron chi connectivity index (χ4n) is 6.23. The van der Waals surface area contributed by atoms with E-state index in [1.54, 1.807) is 0 Å². The minimum absolute atomic E-state index is 0.0663. The molecule has 120 valence electrons. The minimum Gasteiger partial charge on any atom is -0.347 e. The number of carbonyl (C=O) groups excluding carboxylic acids is 1. The van der Waals surface area contributed by atoms with E-state index >= 15 is 0 Å². The summed E-state index contributed by atoms with van der Waals surface area (Å²) in [6.07, 6.45) is 4.69. The summed E-state index contributed by atoms with van der Waals surface area (Å²) >= 11 is 0. The molecule has 2 unspecified atom stereocenters. The van der Waals surface area contributed by atoms with Crippen LogP contribution in [0.3, 0.4) is 0 Å². The molecule has 3 nitrogen and oxygen atoms in total. The number of allylic oxidation sites excluding steroid dienone is 1. The molecule has 3 heteroatoms. The minimum atomic E-state index is 0.0663. The normalized spacial score (nSPS) is 37.8. The number of fused-ring (bicyclic) bond motifs is 2. The molecule has 2 fully saturated rings. The lowest BCUT2D eigenvalue weighted by Crippen LogP contribution is -2.55. The van der Waals surface area contributed by atoms with Crippen molar-refractivity contribution in [1.29, 1.82) is 0 Å². The molecule has 4 atom stereocenters. The Kier molecular flexibility index (Phi) is 2.68. The van der Waals surface area contributed by atoms with Gasteiger partial charge >= 0.3 is 0 Å². The fourth-order valence-corrected chi connectivity index (χ4v) is 6.23. The molecule has 4 aliphatic rings. The number of benzene rings is 1. The predicted molar refractivity (Wildman–Crippen MR) is 91.5 cm³/mol. The van der Waals surface area contributed by atoms with Crippen molar-refractivity contribution in [1.82, 2.24) is 4.90 Å². The van der Waals surface area contributed by atoms with Crippen LogP contribution >= 0.6 is 0 Å². The Morgan fingerprint density at radius 2 is 2.17 bits per heavy atom. The van der Waals surface area contributed by atoms with Gasteiger partial charge in [-0.2, -0.15) is 0 Å². The average Bonchev–Trinajstić information content (AvgIpc) is 3.10. The third-order valence-electron chi connectivity index (χ3n) is 7.15. The average molecular weight is 308 g/mol. The van der Waals surface area contributed by atoms with Gasteiger partial charge in [-0.05, 0) is 42.9 Å². The highest BCUT2D eigenvalue weighted by Gasteiger charge is 2.62. The van der Waals surface area contributed by atoms with Crippen molar-refractivity contribution < 1.29 is 4.79 Å². The molecular weight excluding hydrogens is 284 g/mol. The van der Waals surface area contributed by atoms with E-state index in [-0.39, 0.29) is 5.41 Å². The van der Waals surface area contributed by atoms with Gasteiger partial charge in [0, 0.05) is 36.6 Å². The maximum absolute atomic E-state index is 12.1. The van der Waals surface area contributed by atoms with Gasteiger partial charge in [0.2, 0.25) is 0 Å². The van der Waals surface area contributed by atoms with Crippen molar-refractivity contribution in [2.75, 3.05) is 25.0 Å². The van der Waals surface area contributed by atoms with Crippen LogP contribution in [0.5, 0.6) is 0 Å². The Bertz CT molecular complexity index is 724. The van der Waals surface area contributed by atoms with E-state index in [2.05, 4.69) is 48.0 Å². The molecule has 2 saturated heterocycles. The second-order valence-electron chi connectivity index (χ2n) is 7.74. The summed E-state index contributed by atoms with van der Waals surface area (Å²) in [7, 11) is 2.16. The van der Waals surface area contributed by atoms with E-state index in [9.17, 15) is 4.79 Å². The van der Waals surface area contributed by atoms with Crippen molar-refractivity contribution in [2.45, 2.75) is 37.6 Å². The standard InChI is InChI=1S/C20H24N2O/c1-3-13-11-22-9-8-20-16-6-4-5-7-17(16)21(2)19(20)15(12-23)14(13)10-18(20)22/h4-7,12-14,18H,3,8-11H2,1-2H3/t13?,14-,18+,20?/m0/s1. The first kappa shape index (κ1) is 13.8. The smallest absolute Gasteiger partial charge is 0.148 e. The lowest BCUT2D eigenvalue weighted by Gasteiger charge is -2.51. The molecule has 0 N–H and O–H groups in total. The van der Waals surface area contributed by atoms with Crippen molar-refractivity contribution in [3.05, 3.63) is 41.1 Å². The summed E-state index contributed by atoms with van der Waals surface area (Å²) in [5.74, 6) is 1.09. The molecule has 3 aliphatic heterocycles. The predicted octanol–water partition coefficient (Wildman–Crippen LogP) is 2.96. The second kappa shape index (κ2) is 4.47. The number of hydrogen-bond donors (Lipinski definition) is 0. The highest BCUT2D eigenvalue weighted by molar-refractivity contribution is 5.84. The van der Waals surface area contributed by atoms with Crippen LogP contribution in [0.25, 0.3) is 0 Å². The van der Waals surface area contributed by atoms with Crippen LogP contribution in [0.4, 0.5) is 5.69 Å². The highest BCUT2D eigenvalue weighted by atomic mass is 16.1. The number of hydrogen-bond acceptors (Lipinski definition) is 3. The third-order valence-corrected chi connectivity index (χ3v) is 7.15. The van der Waals surface area contributed by atoms with Crippen LogP contribution in [0.1, 0.15) is 31.7 Å². The quantitative estimate of drug-likeness (QED) is 0.785. The van der Waals surface area contributed by atoms with Gasteiger partial charge in [0.15, 0.2) is 0 Å². The molecule has 23 heavy (non-hydrogen) atoms. The first-order valence-corrected chi connectivity index (χ1v) is 8.99. The van der Waals surface area contributed by atoms with E-state index in [0.717, 1.165) is 18.4 Å². The summed E-state index contributed by atoms with van der Waals surface area (Å²) in [5.41, 5.74) is 5.27. The van der Waals surface area contributed by atoms with Crippen molar-refractivity contribution in [2.24, 2.45) is 11.8 Å². The Balaban J connectivity index is 1.83. The largest absolute Gasteiger partial charge is 0.347 e. The van der Waals surface area contributed by atoms with Gasteiger partial charge in [-0.1, -0.05) is 31.5 Å². The van der Waals surface area contributed by atoms with E-state index in [4.69, 9.17) is 0 Å². The zero-order chi connectivity index (χ0) is 15.8. The van der Waals surface area contributed by atoms with Crippen LogP contribution in [-0.2, 0) is 10.2 Å². The topological polar surface area (TPSA) is 23.6 Å². The first-order valence-electron chi connectivity index (χ1n) is 8.99. The molecule has 1 aliphatic carbocycles. The van der Waals surface area contributed by atoms with Crippen LogP contribution in [-0.4, -0.2) is 37.4 Å². The monoisotopic (exact) mass is 308 g/mol. The van der Waals surface area contributed by atoms with Crippen LogP contribution in [0, 0.1) is 11.8 Å². The first-order chi connectivity index (χ1) is 11.2. The Labute approximate surface area is 138 Å². The number of aldehydes is 1. The Morgan fingerprint density at radius 3 is 2.96 bits per heavy atom. The van der Waals surface area contributed by atoms with E-state index in [1.165, 1.54) is 42.7 Å². The van der Waals surface area contributed by atoms with Gasteiger partial charge in [-0.25, -0.2) is 0 Å². The molecule has 2 bridgehead atoms. The van der Waals surface area contributed by atoms with Crippen molar-refractivity contribution >= 4 is 12.0 Å². The van der Waals surface area contributed by atoms with Crippen molar-refractivity contribution in [3.8, 4) is 0 Å². The number of rotatable bonds is 2. The number of piperidine rings is 1. The molecule has 0 radical (unpaired) electrons. The summed E-state index contributed by atoms with van der Waals surface area (Å²) in [5, 5.41) is 0. The molecular formula is C20H24N2O. The van der Waals surface area contributed by atoms with E-state index in [1.807, 2.05) is 0 Å². The van der Waals surface area contributed by atoms with E-state index < -0.39 is 0 Å². The SMILES string of the molecule is CCC1CN2CCC34C(=C(C=O)[C@H]1C[C@@H]23)N(C)c1ccccc14. The van der Waals surface area contributed by atoms with Crippen molar-refractivity contribution in [3.63, 3.8) is 0 Å². The van der Waals surface area contributed by atoms with Gasteiger partial charge < -0.3 is 4.90 Å². The molecule has 1 aromatic carbocycles. The Morgan fingerprint density at radius 1 is 1.35 bits per heavy atom. The molecule has 0 saturated carbocycles. The summed E-state index contributed by atoms with van der Waals surface area (Å²) in [6.45, 7) is 4.62. The summed E-state index contributed by atoms with van der Waals surface area (Å²) in [6, 6.07) is 9.40. The maximum Gasteiger partial charge on any atom is 0.148 e. The van der Waals surface area contributed by atoms with Gasteiger partial charge in [-0.15, -0.1) is 0 Å². The number of para-hydroxylation sites is 1. The van der Waals surface area contributed by atoms with Crippen LogP contribution in [0.2, 0.25) is 0 Å². The Hall–Kier alpha value is -1.61. The number of nitrogens with zero attached hydrogens (tertiary/aromatic N) is 2.